The van der Waals surface area contributed by atoms with Crippen LogP contribution in [0.25, 0.3) is 0 Å². The first-order chi connectivity index (χ1) is 16.9. The van der Waals surface area contributed by atoms with Gasteiger partial charge in [0.25, 0.3) is 5.78 Å². The van der Waals surface area contributed by atoms with E-state index in [4.69, 9.17) is 0 Å². The summed E-state index contributed by atoms with van der Waals surface area (Å²) in [6, 6.07) is 0.812. The largest absolute Gasteiger partial charge is 0.501 e. The van der Waals surface area contributed by atoms with Crippen molar-refractivity contribution < 1.29 is 76.6 Å². The molecule has 0 fully saturated rings. The molecule has 0 atom stereocenters. The molecule has 0 unspecified atom stereocenters. The van der Waals surface area contributed by atoms with Crippen molar-refractivity contribution in [2.24, 2.45) is 0 Å². The van der Waals surface area contributed by atoms with E-state index in [0.29, 0.717) is 18.2 Å². The molecule has 18 heteroatoms. The molecule has 38 heavy (non-hydrogen) atoms. The standard InChI is InChI=1S/C9H5F6NO.C6H7F3O2.C5H5F3O2/c1-4(17)5-2-3-6(8(10,11)12)16-7(5)9(13,14)15;1-2-11-4-3-5(10)6(7,8)9;1-3(9)2-4(10)5(6,7)8/h2-3H,1H3;3-4H,2H2,1H3;2H2,1H3/b;4-3+;. The Bertz CT molecular complexity index is 1010. The lowest BCUT2D eigenvalue weighted by Gasteiger charge is -2.12. The summed E-state index contributed by atoms with van der Waals surface area (Å²) < 4.78 is 146. The number of carbonyl (C=O) groups is 4. The first-order valence-corrected chi connectivity index (χ1v) is 9.50. The van der Waals surface area contributed by atoms with E-state index in [1.54, 1.807) is 6.92 Å². The molecule has 0 saturated carbocycles. The number of alkyl halides is 12. The van der Waals surface area contributed by atoms with Gasteiger partial charge in [0.05, 0.1) is 19.3 Å². The average Bonchev–Trinajstić information content (AvgIpc) is 2.71. The predicted octanol–water partition coefficient (Wildman–Crippen LogP) is 6.09. The van der Waals surface area contributed by atoms with Crippen molar-refractivity contribution in [1.29, 1.82) is 0 Å². The number of nitrogens with zero attached hydrogens (tertiary/aromatic N) is 1. The molecule has 0 aliphatic rings. The van der Waals surface area contributed by atoms with Crippen LogP contribution in [-0.4, -0.2) is 47.1 Å². The van der Waals surface area contributed by atoms with Gasteiger partial charge in [-0.1, -0.05) is 0 Å². The zero-order valence-corrected chi connectivity index (χ0v) is 19.2. The highest BCUT2D eigenvalue weighted by atomic mass is 19.4. The minimum Gasteiger partial charge on any atom is -0.501 e. The van der Waals surface area contributed by atoms with Gasteiger partial charge in [0.15, 0.2) is 11.5 Å². The van der Waals surface area contributed by atoms with E-state index in [0.717, 1.165) is 20.1 Å². The van der Waals surface area contributed by atoms with Crippen molar-refractivity contribution in [2.45, 2.75) is 51.9 Å². The van der Waals surface area contributed by atoms with Crippen LogP contribution in [0, 0.1) is 0 Å². The molecule has 216 valence electrons. The van der Waals surface area contributed by atoms with Gasteiger partial charge in [0, 0.05) is 11.6 Å². The molecule has 1 aromatic rings. The maximum Gasteiger partial charge on any atom is 0.454 e. The van der Waals surface area contributed by atoms with E-state index >= 15 is 0 Å². The summed E-state index contributed by atoms with van der Waals surface area (Å²) in [5, 5.41) is 0. The average molecular weight is 579 g/mol. The van der Waals surface area contributed by atoms with Crippen molar-refractivity contribution in [3.63, 3.8) is 0 Å². The van der Waals surface area contributed by atoms with Gasteiger partial charge in [-0.2, -0.15) is 52.7 Å². The Kier molecular flexibility index (Phi) is 14.0. The van der Waals surface area contributed by atoms with Crippen molar-refractivity contribution >= 4 is 23.1 Å². The summed E-state index contributed by atoms with van der Waals surface area (Å²) in [6.45, 7) is 3.59. The maximum atomic E-state index is 12.4. The van der Waals surface area contributed by atoms with E-state index in [-0.39, 0.29) is 6.61 Å². The minimum absolute atomic E-state index is 0.238. The number of hydrogen-bond acceptors (Lipinski definition) is 6. The second-order valence-electron chi connectivity index (χ2n) is 6.56. The van der Waals surface area contributed by atoms with E-state index in [9.17, 15) is 71.9 Å². The lowest BCUT2D eigenvalue weighted by molar-refractivity contribution is -0.171. The number of pyridine rings is 1. The Morgan fingerprint density at radius 3 is 1.61 bits per heavy atom. The molecule has 0 aliphatic carbocycles. The Hall–Kier alpha value is -3.47. The zero-order valence-electron chi connectivity index (χ0n) is 19.2. The van der Waals surface area contributed by atoms with Gasteiger partial charge in [-0.25, -0.2) is 4.98 Å². The number of halogens is 12. The van der Waals surface area contributed by atoms with Gasteiger partial charge in [-0.05, 0) is 32.9 Å². The van der Waals surface area contributed by atoms with E-state index < -0.39 is 71.2 Å². The third-order valence-electron chi connectivity index (χ3n) is 3.32. The third-order valence-corrected chi connectivity index (χ3v) is 3.32. The fourth-order valence-corrected chi connectivity index (χ4v) is 1.74. The second kappa shape index (κ2) is 14.5. The molecule has 0 bridgehead atoms. The monoisotopic (exact) mass is 579 g/mol. The van der Waals surface area contributed by atoms with Gasteiger partial charge < -0.3 is 4.74 Å². The SMILES string of the molecule is CC(=O)CC(=O)C(F)(F)F.CC(=O)c1ccc(C(F)(F)F)nc1C(F)(F)F.CCO/C=C/C(=O)C(F)(F)F. The number of carbonyl (C=O) groups excluding carboxylic acids is 4. The van der Waals surface area contributed by atoms with Crippen LogP contribution in [-0.2, 0) is 31.5 Å². The predicted molar refractivity (Wildman–Crippen MR) is 102 cm³/mol. The van der Waals surface area contributed by atoms with Crippen molar-refractivity contribution in [3.8, 4) is 0 Å². The summed E-state index contributed by atoms with van der Waals surface area (Å²) in [4.78, 5) is 43.3. The van der Waals surface area contributed by atoms with Crippen LogP contribution in [0.5, 0.6) is 0 Å². The Morgan fingerprint density at radius 1 is 0.816 bits per heavy atom. The lowest BCUT2D eigenvalue weighted by atomic mass is 10.1. The summed E-state index contributed by atoms with van der Waals surface area (Å²) in [5.41, 5.74) is -4.39. The van der Waals surface area contributed by atoms with Gasteiger partial charge in [0.1, 0.15) is 11.5 Å². The minimum atomic E-state index is -5.11. The van der Waals surface area contributed by atoms with Crippen LogP contribution < -0.4 is 0 Å². The van der Waals surface area contributed by atoms with Crippen molar-refractivity contribution in [2.75, 3.05) is 6.61 Å². The Balaban J connectivity index is 0. The highest BCUT2D eigenvalue weighted by Crippen LogP contribution is 2.34. The first kappa shape index (κ1) is 36.7. The van der Waals surface area contributed by atoms with Crippen molar-refractivity contribution in [3.05, 3.63) is 41.4 Å². The number of hydrogen-bond donors (Lipinski definition) is 0. The maximum absolute atomic E-state index is 12.4. The normalized spacial score (nSPS) is 12.1. The fourth-order valence-electron chi connectivity index (χ4n) is 1.74. The van der Waals surface area contributed by atoms with Gasteiger partial charge in [0.2, 0.25) is 5.78 Å². The zero-order chi connectivity index (χ0) is 30.7. The Morgan fingerprint density at radius 2 is 1.32 bits per heavy atom. The molecule has 0 spiro atoms. The number of ketones is 4. The third kappa shape index (κ3) is 14.9. The smallest absolute Gasteiger partial charge is 0.454 e. The molecule has 6 nitrogen and oxygen atoms in total. The molecule has 0 aromatic carbocycles. The molecule has 1 aromatic heterocycles. The molecule has 0 amide bonds. The van der Waals surface area contributed by atoms with Crippen LogP contribution in [0.1, 0.15) is 48.9 Å². The molecular formula is C20H17F12NO5. The number of rotatable bonds is 6. The van der Waals surface area contributed by atoms with E-state index in [2.05, 4.69) is 9.72 Å². The highest BCUT2D eigenvalue weighted by molar-refractivity contribution is 6.00. The number of ether oxygens (including phenoxy) is 1. The molecule has 1 heterocycles. The summed E-state index contributed by atoms with van der Waals surface area (Å²) >= 11 is 0. The van der Waals surface area contributed by atoms with Crippen LogP contribution in [0.4, 0.5) is 52.7 Å². The van der Waals surface area contributed by atoms with Gasteiger partial charge >= 0.3 is 24.7 Å². The number of aromatic nitrogens is 1. The topological polar surface area (TPSA) is 90.4 Å². The highest BCUT2D eigenvalue weighted by Gasteiger charge is 2.41. The first-order valence-electron chi connectivity index (χ1n) is 9.50. The van der Waals surface area contributed by atoms with Crippen molar-refractivity contribution in [1.82, 2.24) is 4.98 Å². The van der Waals surface area contributed by atoms with Gasteiger partial charge in [-0.15, -0.1) is 0 Å². The molecule has 0 saturated heterocycles. The Labute approximate surface area is 205 Å². The lowest BCUT2D eigenvalue weighted by Crippen LogP contribution is -2.24. The molecule has 1 rings (SSSR count). The number of allylic oxidation sites excluding steroid dienone is 1. The van der Waals surface area contributed by atoms with Crippen LogP contribution >= 0.6 is 0 Å². The molecule has 0 N–H and O–H groups in total. The molecular weight excluding hydrogens is 562 g/mol. The quantitative estimate of drug-likeness (QED) is 0.133. The number of Topliss-reactive ketones (excluding diaryl/α,β-unsaturated/α-hetero) is 3. The van der Waals surface area contributed by atoms with Crippen LogP contribution in [0.3, 0.4) is 0 Å². The summed E-state index contributed by atoms with van der Waals surface area (Å²) in [6.07, 6.45) is -19.7. The second-order valence-corrected chi connectivity index (χ2v) is 6.56. The molecule has 0 aliphatic heterocycles. The van der Waals surface area contributed by atoms with E-state index in [1.807, 2.05) is 0 Å². The van der Waals surface area contributed by atoms with Crippen LogP contribution in [0.2, 0.25) is 0 Å². The fraction of sp³-hybridized carbons (Fsp3) is 0.450. The summed E-state index contributed by atoms with van der Waals surface area (Å²) in [5.74, 6) is -5.67. The van der Waals surface area contributed by atoms with Gasteiger partial charge in [-0.3, -0.25) is 19.2 Å². The van der Waals surface area contributed by atoms with E-state index in [1.165, 1.54) is 0 Å². The van der Waals surface area contributed by atoms with Crippen LogP contribution in [0.15, 0.2) is 24.5 Å². The molecule has 0 radical (unpaired) electrons. The summed E-state index contributed by atoms with van der Waals surface area (Å²) in [7, 11) is 0.